The van der Waals surface area contributed by atoms with Crippen LogP contribution in [0.4, 0.5) is 21.0 Å². The SMILES string of the molecule is CC(C)(C)OC(=O)N(C(=O)Nc1ccc2c(c1)C(=O)OC2=O)c1ccc2c(c1)C(=O)OC2=O. The summed E-state index contributed by atoms with van der Waals surface area (Å²) in [6.07, 6.45) is -1.06. The predicted molar refractivity (Wildman–Crippen MR) is 110 cm³/mol. The standard InChI is InChI=1S/C22H16N2O9/c1-22(2,3)33-21(30)24(11-5-7-13-15(9-11)19(28)32-17(13)26)20(29)23-10-4-6-12-14(8-10)18(27)31-16(12)25/h4-9H,1-3H3,(H,23,29). The highest BCUT2D eigenvalue weighted by atomic mass is 16.6. The van der Waals surface area contributed by atoms with Crippen molar-refractivity contribution in [3.8, 4) is 0 Å². The Hall–Kier alpha value is -4.54. The van der Waals surface area contributed by atoms with Crippen molar-refractivity contribution in [3.63, 3.8) is 0 Å². The van der Waals surface area contributed by atoms with E-state index in [1.165, 1.54) is 30.3 Å². The zero-order valence-electron chi connectivity index (χ0n) is 17.6. The van der Waals surface area contributed by atoms with Crippen LogP contribution in [-0.2, 0) is 14.2 Å². The summed E-state index contributed by atoms with van der Waals surface area (Å²) >= 11 is 0. The van der Waals surface area contributed by atoms with E-state index in [0.29, 0.717) is 4.90 Å². The second-order valence-corrected chi connectivity index (χ2v) is 8.09. The fourth-order valence-corrected chi connectivity index (χ4v) is 3.17. The number of rotatable bonds is 2. The molecule has 0 fully saturated rings. The number of nitrogens with zero attached hydrogens (tertiary/aromatic N) is 1. The maximum atomic E-state index is 13.1. The van der Waals surface area contributed by atoms with Gasteiger partial charge < -0.3 is 19.5 Å². The van der Waals surface area contributed by atoms with Crippen LogP contribution in [0.5, 0.6) is 0 Å². The van der Waals surface area contributed by atoms with Gasteiger partial charge in [0.25, 0.3) is 0 Å². The number of nitrogens with one attached hydrogen (secondary N) is 1. The molecule has 4 rings (SSSR count). The first-order valence-electron chi connectivity index (χ1n) is 9.60. The van der Waals surface area contributed by atoms with Crippen molar-refractivity contribution in [1.29, 1.82) is 0 Å². The largest absolute Gasteiger partial charge is 0.443 e. The highest BCUT2D eigenvalue weighted by molar-refractivity contribution is 6.20. The molecule has 2 aliphatic heterocycles. The molecule has 0 saturated heterocycles. The minimum atomic E-state index is -1.06. The van der Waals surface area contributed by atoms with Crippen LogP contribution in [0.3, 0.4) is 0 Å². The van der Waals surface area contributed by atoms with Crippen molar-refractivity contribution >= 4 is 47.4 Å². The van der Waals surface area contributed by atoms with Crippen LogP contribution < -0.4 is 10.2 Å². The number of hydrogen-bond donors (Lipinski definition) is 1. The predicted octanol–water partition coefficient (Wildman–Crippen LogP) is 3.28. The third-order valence-electron chi connectivity index (χ3n) is 4.56. The van der Waals surface area contributed by atoms with Crippen LogP contribution in [0, 0.1) is 0 Å². The summed E-state index contributed by atoms with van der Waals surface area (Å²) in [7, 11) is 0. The molecule has 11 nitrogen and oxygen atoms in total. The molecule has 2 heterocycles. The van der Waals surface area contributed by atoms with Crippen molar-refractivity contribution in [2.45, 2.75) is 26.4 Å². The summed E-state index contributed by atoms with van der Waals surface area (Å²) in [5.41, 5.74) is -1.05. The lowest BCUT2D eigenvalue weighted by Crippen LogP contribution is -2.43. The average molecular weight is 452 g/mol. The average Bonchev–Trinajstić information content (AvgIpc) is 3.15. The van der Waals surface area contributed by atoms with Gasteiger partial charge in [0.2, 0.25) is 0 Å². The van der Waals surface area contributed by atoms with Crippen LogP contribution in [0.1, 0.15) is 62.2 Å². The van der Waals surface area contributed by atoms with E-state index in [0.717, 1.165) is 6.07 Å². The van der Waals surface area contributed by atoms with Gasteiger partial charge in [-0.1, -0.05) is 0 Å². The molecule has 11 heteroatoms. The van der Waals surface area contributed by atoms with E-state index in [2.05, 4.69) is 14.8 Å². The quantitative estimate of drug-likeness (QED) is 0.412. The molecule has 3 amide bonds. The number of urea groups is 1. The highest BCUT2D eigenvalue weighted by Gasteiger charge is 2.35. The lowest BCUT2D eigenvalue weighted by molar-refractivity contribution is 0.0425. The molecule has 0 unspecified atom stereocenters. The van der Waals surface area contributed by atoms with E-state index in [4.69, 9.17) is 4.74 Å². The van der Waals surface area contributed by atoms with Gasteiger partial charge in [-0.05, 0) is 57.2 Å². The van der Waals surface area contributed by atoms with Gasteiger partial charge in [0.1, 0.15) is 5.60 Å². The maximum absolute atomic E-state index is 13.1. The van der Waals surface area contributed by atoms with Crippen molar-refractivity contribution in [2.75, 3.05) is 10.2 Å². The second-order valence-electron chi connectivity index (χ2n) is 8.09. The molecular formula is C22H16N2O9. The highest BCUT2D eigenvalue weighted by Crippen LogP contribution is 2.28. The molecule has 0 aromatic heterocycles. The molecule has 2 aliphatic rings. The lowest BCUT2D eigenvalue weighted by Gasteiger charge is -2.26. The monoisotopic (exact) mass is 452 g/mol. The summed E-state index contributed by atoms with van der Waals surface area (Å²) in [5, 5.41) is 2.44. The third kappa shape index (κ3) is 4.03. The number of benzene rings is 2. The molecule has 0 radical (unpaired) electrons. The van der Waals surface area contributed by atoms with Gasteiger partial charge in [-0.2, -0.15) is 4.90 Å². The Bertz CT molecular complexity index is 1270. The molecule has 0 atom stereocenters. The van der Waals surface area contributed by atoms with E-state index < -0.39 is 41.6 Å². The van der Waals surface area contributed by atoms with Gasteiger partial charge in [-0.3, -0.25) is 0 Å². The minimum absolute atomic E-state index is 0.00454. The molecule has 0 spiro atoms. The minimum Gasteiger partial charge on any atom is -0.443 e. The molecule has 2 aromatic rings. The number of ether oxygens (including phenoxy) is 3. The Morgan fingerprint density at radius 2 is 1.30 bits per heavy atom. The second kappa shape index (κ2) is 7.55. The number of hydrogen-bond acceptors (Lipinski definition) is 9. The van der Waals surface area contributed by atoms with E-state index in [1.54, 1.807) is 20.8 Å². The normalized spacial score (nSPS) is 14.3. The summed E-state index contributed by atoms with van der Waals surface area (Å²) in [4.78, 5) is 73.6. The number of amides is 3. The zero-order valence-corrected chi connectivity index (χ0v) is 17.6. The molecule has 2 aromatic carbocycles. The fraction of sp³-hybridized carbons (Fsp3) is 0.182. The number of fused-ring (bicyclic) bond motifs is 2. The van der Waals surface area contributed by atoms with Gasteiger partial charge in [0.15, 0.2) is 0 Å². The topological polar surface area (TPSA) is 145 Å². The summed E-state index contributed by atoms with van der Waals surface area (Å²) < 4.78 is 14.4. The van der Waals surface area contributed by atoms with Gasteiger partial charge in [0.05, 0.1) is 27.9 Å². The maximum Gasteiger partial charge on any atom is 0.423 e. The Balaban J connectivity index is 1.69. The third-order valence-corrected chi connectivity index (χ3v) is 4.56. The fourth-order valence-electron chi connectivity index (χ4n) is 3.17. The van der Waals surface area contributed by atoms with Crippen molar-refractivity contribution in [3.05, 3.63) is 58.7 Å². The number of carbonyl (C=O) groups excluding carboxylic acids is 6. The first-order chi connectivity index (χ1) is 15.4. The Labute approximate surface area is 186 Å². The smallest absolute Gasteiger partial charge is 0.423 e. The first kappa shape index (κ1) is 21.7. The van der Waals surface area contributed by atoms with Gasteiger partial charge in [0, 0.05) is 5.69 Å². The van der Waals surface area contributed by atoms with Crippen LogP contribution in [0.25, 0.3) is 0 Å². The molecule has 0 saturated carbocycles. The first-order valence-corrected chi connectivity index (χ1v) is 9.60. The van der Waals surface area contributed by atoms with Crippen LogP contribution >= 0.6 is 0 Å². The Kier molecular flexibility index (Phi) is 4.96. The molecular weight excluding hydrogens is 436 g/mol. The van der Waals surface area contributed by atoms with E-state index in [-0.39, 0.29) is 33.6 Å². The molecule has 0 bridgehead atoms. The summed E-state index contributed by atoms with van der Waals surface area (Å²) in [6.45, 7) is 4.80. The zero-order chi connectivity index (χ0) is 24.1. The number of imide groups is 1. The van der Waals surface area contributed by atoms with E-state index in [1.807, 2.05) is 0 Å². The molecule has 0 aliphatic carbocycles. The van der Waals surface area contributed by atoms with Crippen LogP contribution in [0.2, 0.25) is 0 Å². The van der Waals surface area contributed by atoms with Crippen molar-refractivity contribution in [2.24, 2.45) is 0 Å². The Morgan fingerprint density at radius 3 is 1.88 bits per heavy atom. The van der Waals surface area contributed by atoms with E-state index in [9.17, 15) is 28.8 Å². The van der Waals surface area contributed by atoms with Crippen LogP contribution in [0.15, 0.2) is 36.4 Å². The molecule has 1 N–H and O–H groups in total. The van der Waals surface area contributed by atoms with Gasteiger partial charge in [-0.25, -0.2) is 28.8 Å². The lowest BCUT2D eigenvalue weighted by atomic mass is 10.1. The van der Waals surface area contributed by atoms with Gasteiger partial charge >= 0.3 is 36.0 Å². The number of esters is 4. The van der Waals surface area contributed by atoms with Crippen LogP contribution in [-0.4, -0.2) is 41.6 Å². The van der Waals surface area contributed by atoms with Crippen molar-refractivity contribution < 1.29 is 43.0 Å². The van der Waals surface area contributed by atoms with E-state index >= 15 is 0 Å². The molecule has 33 heavy (non-hydrogen) atoms. The number of carbonyl (C=O) groups is 6. The molecule has 168 valence electrons. The Morgan fingerprint density at radius 1 is 0.788 bits per heavy atom. The van der Waals surface area contributed by atoms with Gasteiger partial charge in [-0.15, -0.1) is 0 Å². The summed E-state index contributed by atoms with van der Waals surface area (Å²) in [5.74, 6) is -3.42. The van der Waals surface area contributed by atoms with Crippen molar-refractivity contribution in [1.82, 2.24) is 0 Å². The number of cyclic esters (lactones) is 4. The summed E-state index contributed by atoms with van der Waals surface area (Å²) in [6, 6.07) is 6.58. The number of anilines is 2.